The van der Waals surface area contributed by atoms with Gasteiger partial charge >= 0.3 is 0 Å². The number of methoxy groups -OCH3 is 1. The molecule has 1 heterocycles. The molecule has 0 aliphatic heterocycles. The summed E-state index contributed by atoms with van der Waals surface area (Å²) in [6, 6.07) is 9.89. The van der Waals surface area contributed by atoms with Gasteiger partial charge in [-0.3, -0.25) is 9.36 Å². The third-order valence-electron chi connectivity index (χ3n) is 3.11. The van der Waals surface area contributed by atoms with E-state index in [2.05, 4.69) is 15.5 Å². The zero-order valence-corrected chi connectivity index (χ0v) is 15.4. The minimum Gasteiger partial charge on any atom is -0.383 e. The molecular formula is C17H24N4O2S. The second-order valence-corrected chi connectivity index (χ2v) is 7.35. The lowest BCUT2D eigenvalue weighted by atomic mass is 10.1. The third-order valence-corrected chi connectivity index (χ3v) is 4.08. The molecule has 1 aromatic heterocycles. The molecule has 130 valence electrons. The molecule has 7 heteroatoms. The predicted octanol–water partition coefficient (Wildman–Crippen LogP) is 2.60. The Bertz CT molecular complexity index is 665. The molecule has 0 saturated heterocycles. The molecule has 0 unspecified atom stereocenters. The number of benzene rings is 1. The van der Waals surface area contributed by atoms with Gasteiger partial charge in [-0.2, -0.15) is 0 Å². The molecule has 1 N–H and O–H groups in total. The van der Waals surface area contributed by atoms with E-state index in [-0.39, 0.29) is 11.4 Å². The van der Waals surface area contributed by atoms with Crippen LogP contribution in [0.5, 0.6) is 0 Å². The van der Waals surface area contributed by atoms with E-state index in [1.54, 1.807) is 7.11 Å². The van der Waals surface area contributed by atoms with E-state index in [1.807, 2.05) is 55.7 Å². The Kier molecular flexibility index (Phi) is 6.39. The molecule has 0 spiro atoms. The van der Waals surface area contributed by atoms with Crippen LogP contribution in [0.4, 0.5) is 0 Å². The number of hydrogen-bond donors (Lipinski definition) is 1. The maximum atomic E-state index is 12.0. The van der Waals surface area contributed by atoms with Crippen LogP contribution >= 0.6 is 11.8 Å². The summed E-state index contributed by atoms with van der Waals surface area (Å²) in [4.78, 5) is 12.0. The molecule has 0 atom stereocenters. The number of hydrogen-bond acceptors (Lipinski definition) is 5. The lowest BCUT2D eigenvalue weighted by molar-refractivity contribution is -0.119. The quantitative estimate of drug-likeness (QED) is 0.779. The zero-order chi connectivity index (χ0) is 17.6. The summed E-state index contributed by atoms with van der Waals surface area (Å²) >= 11 is 1.38. The number of ether oxygens (including phenoxy) is 1. The summed E-state index contributed by atoms with van der Waals surface area (Å²) < 4.78 is 7.18. The van der Waals surface area contributed by atoms with E-state index < -0.39 is 0 Å². The number of thioether (sulfide) groups is 1. The van der Waals surface area contributed by atoms with Crippen LogP contribution in [0.3, 0.4) is 0 Å². The highest BCUT2D eigenvalue weighted by atomic mass is 32.2. The first-order chi connectivity index (χ1) is 11.4. The maximum absolute atomic E-state index is 12.0. The van der Waals surface area contributed by atoms with E-state index in [0.29, 0.717) is 18.9 Å². The van der Waals surface area contributed by atoms with Crippen molar-refractivity contribution >= 4 is 17.7 Å². The third kappa shape index (κ3) is 5.35. The number of rotatable bonds is 7. The van der Waals surface area contributed by atoms with Gasteiger partial charge in [0.1, 0.15) is 0 Å². The lowest BCUT2D eigenvalue weighted by Crippen LogP contribution is -2.41. The van der Waals surface area contributed by atoms with Crippen molar-refractivity contribution < 1.29 is 9.53 Å². The SMILES string of the molecule is COCCn1c(SCC(=O)NC(C)(C)C)nnc1-c1ccccc1. The van der Waals surface area contributed by atoms with Gasteiger partial charge in [0, 0.05) is 18.2 Å². The number of carbonyl (C=O) groups is 1. The Labute approximate surface area is 147 Å². The van der Waals surface area contributed by atoms with Crippen molar-refractivity contribution in [2.45, 2.75) is 38.0 Å². The zero-order valence-electron chi connectivity index (χ0n) is 14.6. The second kappa shape index (κ2) is 8.30. The molecule has 0 fully saturated rings. The number of nitrogens with zero attached hydrogens (tertiary/aromatic N) is 3. The Morgan fingerprint density at radius 2 is 1.96 bits per heavy atom. The summed E-state index contributed by atoms with van der Waals surface area (Å²) in [5.74, 6) is 1.07. The second-order valence-electron chi connectivity index (χ2n) is 6.40. The fraction of sp³-hybridized carbons (Fsp3) is 0.471. The smallest absolute Gasteiger partial charge is 0.230 e. The highest BCUT2D eigenvalue weighted by Crippen LogP contribution is 2.23. The summed E-state index contributed by atoms with van der Waals surface area (Å²) in [6.07, 6.45) is 0. The average Bonchev–Trinajstić information content (AvgIpc) is 2.93. The molecule has 24 heavy (non-hydrogen) atoms. The lowest BCUT2D eigenvalue weighted by Gasteiger charge is -2.20. The molecule has 0 aliphatic rings. The van der Waals surface area contributed by atoms with Gasteiger partial charge in [-0.05, 0) is 20.8 Å². The average molecular weight is 348 g/mol. The summed E-state index contributed by atoms with van der Waals surface area (Å²) in [7, 11) is 1.66. The van der Waals surface area contributed by atoms with Crippen molar-refractivity contribution in [1.82, 2.24) is 20.1 Å². The van der Waals surface area contributed by atoms with Crippen molar-refractivity contribution in [3.05, 3.63) is 30.3 Å². The molecule has 1 aromatic carbocycles. The van der Waals surface area contributed by atoms with Crippen molar-refractivity contribution in [3.8, 4) is 11.4 Å². The summed E-state index contributed by atoms with van der Waals surface area (Å²) in [5.41, 5.74) is 0.753. The van der Waals surface area contributed by atoms with E-state index in [0.717, 1.165) is 16.5 Å². The van der Waals surface area contributed by atoms with Gasteiger partial charge in [0.2, 0.25) is 5.91 Å². The van der Waals surface area contributed by atoms with Gasteiger partial charge in [0.15, 0.2) is 11.0 Å². The molecule has 6 nitrogen and oxygen atoms in total. The van der Waals surface area contributed by atoms with Crippen LogP contribution in [0.2, 0.25) is 0 Å². The fourth-order valence-electron chi connectivity index (χ4n) is 2.16. The van der Waals surface area contributed by atoms with E-state index >= 15 is 0 Å². The molecule has 2 aromatic rings. The number of aromatic nitrogens is 3. The maximum Gasteiger partial charge on any atom is 0.230 e. The van der Waals surface area contributed by atoms with Crippen LogP contribution < -0.4 is 5.32 Å². The van der Waals surface area contributed by atoms with Gasteiger partial charge in [0.25, 0.3) is 0 Å². The van der Waals surface area contributed by atoms with Gasteiger partial charge in [-0.25, -0.2) is 0 Å². The minimum absolute atomic E-state index is 0.0185. The molecule has 1 amide bonds. The normalized spacial score (nSPS) is 11.5. The first-order valence-corrected chi connectivity index (χ1v) is 8.80. The number of carbonyl (C=O) groups excluding carboxylic acids is 1. The van der Waals surface area contributed by atoms with Crippen molar-refractivity contribution in [1.29, 1.82) is 0 Å². The van der Waals surface area contributed by atoms with Crippen molar-refractivity contribution in [2.24, 2.45) is 0 Å². The van der Waals surface area contributed by atoms with E-state index in [4.69, 9.17) is 4.74 Å². The van der Waals surface area contributed by atoms with Gasteiger partial charge in [0.05, 0.1) is 18.9 Å². The Morgan fingerprint density at radius 1 is 1.25 bits per heavy atom. The van der Waals surface area contributed by atoms with Crippen LogP contribution in [0.1, 0.15) is 20.8 Å². The Hall–Kier alpha value is -1.86. The van der Waals surface area contributed by atoms with Crippen LogP contribution in [0.15, 0.2) is 35.5 Å². The largest absolute Gasteiger partial charge is 0.383 e. The minimum atomic E-state index is -0.240. The van der Waals surface area contributed by atoms with Crippen molar-refractivity contribution in [2.75, 3.05) is 19.5 Å². The summed E-state index contributed by atoms with van der Waals surface area (Å²) in [6.45, 7) is 7.08. The number of nitrogens with one attached hydrogen (secondary N) is 1. The first-order valence-electron chi connectivity index (χ1n) is 7.82. The van der Waals surface area contributed by atoms with E-state index in [9.17, 15) is 4.79 Å². The molecular weight excluding hydrogens is 324 g/mol. The molecule has 0 saturated carbocycles. The van der Waals surface area contributed by atoms with Crippen LogP contribution in [0, 0.1) is 0 Å². The molecule has 0 aliphatic carbocycles. The van der Waals surface area contributed by atoms with E-state index in [1.165, 1.54) is 11.8 Å². The predicted molar refractivity (Wildman–Crippen MR) is 96.0 cm³/mol. The molecule has 0 radical (unpaired) electrons. The number of amides is 1. The van der Waals surface area contributed by atoms with Crippen LogP contribution in [0.25, 0.3) is 11.4 Å². The Morgan fingerprint density at radius 3 is 2.58 bits per heavy atom. The van der Waals surface area contributed by atoms with Crippen molar-refractivity contribution in [3.63, 3.8) is 0 Å². The highest BCUT2D eigenvalue weighted by Gasteiger charge is 2.17. The van der Waals surface area contributed by atoms with Crippen LogP contribution in [-0.4, -0.2) is 45.7 Å². The fourth-order valence-corrected chi connectivity index (χ4v) is 2.93. The molecule has 0 bridgehead atoms. The highest BCUT2D eigenvalue weighted by molar-refractivity contribution is 7.99. The first kappa shape index (κ1) is 18.5. The van der Waals surface area contributed by atoms with Crippen LogP contribution in [-0.2, 0) is 16.1 Å². The Balaban J connectivity index is 2.15. The van der Waals surface area contributed by atoms with Gasteiger partial charge in [-0.1, -0.05) is 42.1 Å². The molecule has 2 rings (SSSR count). The topological polar surface area (TPSA) is 69.0 Å². The summed E-state index contributed by atoms with van der Waals surface area (Å²) in [5, 5.41) is 12.2. The monoisotopic (exact) mass is 348 g/mol. The van der Waals surface area contributed by atoms with Gasteiger partial charge in [-0.15, -0.1) is 10.2 Å². The van der Waals surface area contributed by atoms with Gasteiger partial charge < -0.3 is 10.1 Å². The standard InChI is InChI=1S/C17H24N4O2S/c1-17(2,3)18-14(22)12-24-16-20-19-15(21(16)10-11-23-4)13-8-6-5-7-9-13/h5-9H,10-12H2,1-4H3,(H,18,22).